The molecule has 1 aromatic rings. The van der Waals surface area contributed by atoms with Gasteiger partial charge in [-0.3, -0.25) is 4.79 Å². The van der Waals surface area contributed by atoms with Gasteiger partial charge in [-0.25, -0.2) is 18.2 Å². The van der Waals surface area contributed by atoms with Crippen molar-refractivity contribution in [2.45, 2.75) is 17.4 Å². The molecule has 0 aliphatic rings. The molecular weight excluding hydrogens is 312 g/mol. The number of nitrogens with two attached hydrogens (primary N) is 1. The summed E-state index contributed by atoms with van der Waals surface area (Å²) >= 11 is 0.746. The van der Waals surface area contributed by atoms with Crippen LogP contribution in [0.2, 0.25) is 0 Å². The molecule has 10 nitrogen and oxygen atoms in total. The Balaban J connectivity index is 0.000000511. The second-order valence-corrected chi connectivity index (χ2v) is 6.16. The molecule has 0 saturated heterocycles. The first-order chi connectivity index (χ1) is 9.11. The van der Waals surface area contributed by atoms with E-state index in [-0.39, 0.29) is 22.4 Å². The number of hydrogen-bond acceptors (Lipinski definition) is 8. The van der Waals surface area contributed by atoms with Crippen molar-refractivity contribution in [2.24, 2.45) is 17.2 Å². The van der Waals surface area contributed by atoms with Crippen molar-refractivity contribution < 1.29 is 28.5 Å². The first-order valence-corrected chi connectivity index (χ1v) is 7.50. The van der Waals surface area contributed by atoms with Gasteiger partial charge in [0.1, 0.15) is 6.10 Å². The average Bonchev–Trinajstić information content (AvgIpc) is 2.70. The number of aliphatic hydroxyl groups is 3. The van der Waals surface area contributed by atoms with Crippen LogP contribution in [0.4, 0.5) is 0 Å². The number of carbonyl (C=O) groups is 1. The minimum absolute atomic E-state index is 0.196. The molecule has 1 heterocycles. The summed E-state index contributed by atoms with van der Waals surface area (Å²) in [6.45, 7) is 0.531. The maximum absolute atomic E-state index is 10.9. The molecule has 0 radical (unpaired) electrons. The van der Waals surface area contributed by atoms with Gasteiger partial charge in [0.05, 0.1) is 13.2 Å². The Morgan fingerprint density at radius 1 is 1.50 bits per heavy atom. The van der Waals surface area contributed by atoms with Crippen LogP contribution in [0.3, 0.4) is 0 Å². The summed E-state index contributed by atoms with van der Waals surface area (Å²) in [6, 6.07) is 0. The lowest BCUT2D eigenvalue weighted by Crippen LogP contribution is -2.15. The molecule has 5 N–H and O–H groups in total. The lowest BCUT2D eigenvalue weighted by Gasteiger charge is -1.96. The van der Waals surface area contributed by atoms with Gasteiger partial charge in [-0.15, -0.1) is 5.10 Å². The molecule has 12 heteroatoms. The van der Waals surface area contributed by atoms with E-state index in [2.05, 4.69) is 10.1 Å². The summed E-state index contributed by atoms with van der Waals surface area (Å²) in [7, 11) is -2.35. The lowest BCUT2D eigenvalue weighted by molar-refractivity contribution is -0.116. The van der Waals surface area contributed by atoms with Crippen LogP contribution in [-0.2, 0) is 21.9 Å². The minimum atomic E-state index is -3.83. The van der Waals surface area contributed by atoms with Gasteiger partial charge in [0, 0.05) is 14.0 Å². The maximum atomic E-state index is 10.9. The van der Waals surface area contributed by atoms with Crippen molar-refractivity contribution in [3.05, 3.63) is 4.80 Å². The van der Waals surface area contributed by atoms with Crippen LogP contribution in [0.15, 0.2) is 9.33 Å². The number of carbonyl (C=O) groups excluding carboxylic acids is 1. The van der Waals surface area contributed by atoms with Crippen molar-refractivity contribution in [3.63, 3.8) is 0 Å². The van der Waals surface area contributed by atoms with Crippen LogP contribution < -0.4 is 9.94 Å². The third kappa shape index (κ3) is 6.83. The van der Waals surface area contributed by atoms with Crippen molar-refractivity contribution in [3.8, 4) is 0 Å². The van der Waals surface area contributed by atoms with E-state index in [0.29, 0.717) is 0 Å². The van der Waals surface area contributed by atoms with E-state index in [1.165, 1.54) is 18.7 Å². The van der Waals surface area contributed by atoms with Gasteiger partial charge in [-0.1, -0.05) is 11.3 Å². The Kier molecular flexibility index (Phi) is 7.70. The molecule has 0 atom stereocenters. The normalized spacial score (nSPS) is 12.2. The van der Waals surface area contributed by atoms with E-state index in [4.69, 9.17) is 20.5 Å². The monoisotopic (exact) mass is 328 g/mol. The van der Waals surface area contributed by atoms with Crippen molar-refractivity contribution >= 4 is 27.3 Å². The summed E-state index contributed by atoms with van der Waals surface area (Å²) < 4.78 is 22.7. The summed E-state index contributed by atoms with van der Waals surface area (Å²) in [4.78, 5) is 14.4. The van der Waals surface area contributed by atoms with Gasteiger partial charge in [0.2, 0.25) is 15.0 Å². The van der Waals surface area contributed by atoms with Crippen LogP contribution in [0.1, 0.15) is 6.92 Å². The molecule has 1 aromatic heterocycles. The summed E-state index contributed by atoms with van der Waals surface area (Å²) in [5.74, 6) is -0.426. The van der Waals surface area contributed by atoms with E-state index >= 15 is 0 Å². The Labute approximate surface area is 118 Å². The number of rotatable bonds is 3. The molecule has 20 heavy (non-hydrogen) atoms. The maximum Gasteiger partial charge on any atom is 0.267 e. The van der Waals surface area contributed by atoms with Gasteiger partial charge >= 0.3 is 0 Å². The fourth-order valence-electron chi connectivity index (χ4n) is 0.732. The molecule has 116 valence electrons. The number of hydrogen-bond donors (Lipinski definition) is 4. The Bertz CT molecular complexity index is 601. The Hall–Kier alpha value is -1.18. The number of nitrogens with zero attached hydrogens (tertiary/aromatic N) is 3. The molecule has 0 aliphatic heterocycles. The smallest absolute Gasteiger partial charge is 0.267 e. The highest BCUT2D eigenvalue weighted by atomic mass is 32.2. The van der Waals surface area contributed by atoms with Gasteiger partial charge in [0.25, 0.3) is 10.0 Å². The molecule has 0 aromatic carbocycles. The number of aryl methyl sites for hydroxylation is 1. The topological polar surface area (TPSA) is 168 Å². The molecule has 0 saturated carbocycles. The molecular formula is C8H16N4O6S2. The van der Waals surface area contributed by atoms with Gasteiger partial charge in [0.15, 0.2) is 0 Å². The standard InChI is InChI=1S/C5H8N4O3S2.C3H8O3/c1-3(10)7-4-9(2)8-5(13-4)14(6,11)12;4-1-3(6)2-5/h1-2H3,(H2,6,11,12);3-6H,1-2H2/b7-4-;. The van der Waals surface area contributed by atoms with Crippen LogP contribution in [0.5, 0.6) is 0 Å². The zero-order valence-corrected chi connectivity index (χ0v) is 12.4. The third-order valence-corrected chi connectivity index (χ3v) is 3.91. The highest BCUT2D eigenvalue weighted by Gasteiger charge is 2.14. The zero-order chi connectivity index (χ0) is 15.9. The molecule has 1 rings (SSSR count). The van der Waals surface area contributed by atoms with E-state index in [0.717, 1.165) is 11.3 Å². The van der Waals surface area contributed by atoms with Crippen molar-refractivity contribution in [1.29, 1.82) is 0 Å². The second kappa shape index (κ2) is 8.18. The molecule has 0 aliphatic carbocycles. The number of amides is 1. The van der Waals surface area contributed by atoms with E-state index < -0.39 is 22.0 Å². The summed E-state index contributed by atoms with van der Waals surface area (Å²) in [5, 5.41) is 32.5. The second-order valence-electron chi connectivity index (χ2n) is 3.47. The van der Waals surface area contributed by atoms with Gasteiger partial charge < -0.3 is 15.3 Å². The van der Waals surface area contributed by atoms with Crippen molar-refractivity contribution in [2.75, 3.05) is 13.2 Å². The number of primary sulfonamides is 1. The average molecular weight is 328 g/mol. The highest BCUT2D eigenvalue weighted by molar-refractivity contribution is 7.91. The quantitative estimate of drug-likeness (QED) is 0.456. The largest absolute Gasteiger partial charge is 0.394 e. The fraction of sp³-hybridized carbons (Fsp3) is 0.625. The molecule has 0 fully saturated rings. The SMILES string of the molecule is CC(=O)/N=c1\sc(S(N)(=O)=O)nn1C.OCC(O)CO. The fourth-order valence-corrected chi connectivity index (χ4v) is 2.32. The van der Waals surface area contributed by atoms with E-state index in [1.54, 1.807) is 0 Å². The first kappa shape index (κ1) is 18.8. The van der Waals surface area contributed by atoms with Crippen LogP contribution in [0, 0.1) is 0 Å². The molecule has 0 spiro atoms. The predicted molar refractivity (Wildman–Crippen MR) is 68.9 cm³/mol. The van der Waals surface area contributed by atoms with Crippen LogP contribution >= 0.6 is 11.3 Å². The molecule has 0 bridgehead atoms. The van der Waals surface area contributed by atoms with Crippen LogP contribution in [-0.4, -0.2) is 58.7 Å². The lowest BCUT2D eigenvalue weighted by atomic mass is 10.4. The van der Waals surface area contributed by atoms with Gasteiger partial charge in [-0.05, 0) is 0 Å². The number of sulfonamides is 1. The van der Waals surface area contributed by atoms with Crippen molar-refractivity contribution in [1.82, 2.24) is 9.78 Å². The molecule has 1 amide bonds. The summed E-state index contributed by atoms with van der Waals surface area (Å²) in [5.41, 5.74) is 0. The summed E-state index contributed by atoms with van der Waals surface area (Å²) in [6.07, 6.45) is -0.954. The number of aromatic nitrogens is 2. The van der Waals surface area contributed by atoms with E-state index in [1.807, 2.05) is 0 Å². The van der Waals surface area contributed by atoms with Gasteiger partial charge in [-0.2, -0.15) is 4.99 Å². The molecule has 0 unspecified atom stereocenters. The Morgan fingerprint density at radius 2 is 2.00 bits per heavy atom. The third-order valence-electron chi connectivity index (χ3n) is 1.61. The van der Waals surface area contributed by atoms with Crippen LogP contribution in [0.25, 0.3) is 0 Å². The first-order valence-electron chi connectivity index (χ1n) is 5.13. The zero-order valence-electron chi connectivity index (χ0n) is 10.8. The van der Waals surface area contributed by atoms with E-state index in [9.17, 15) is 13.2 Å². The predicted octanol–water partition coefficient (Wildman–Crippen LogP) is -3.09. The highest BCUT2D eigenvalue weighted by Crippen LogP contribution is 2.03. The Morgan fingerprint density at radius 3 is 2.25 bits per heavy atom. The minimum Gasteiger partial charge on any atom is -0.394 e. The number of aliphatic hydroxyl groups excluding tert-OH is 3.